The van der Waals surface area contributed by atoms with Crippen LogP contribution in [0, 0.1) is 0 Å². The Morgan fingerprint density at radius 2 is 2.10 bits per heavy atom. The van der Waals surface area contributed by atoms with Crippen LogP contribution in [-0.2, 0) is 4.79 Å². The molecule has 1 amide bonds. The van der Waals surface area contributed by atoms with E-state index in [2.05, 4.69) is 5.32 Å². The van der Waals surface area contributed by atoms with E-state index in [4.69, 9.17) is 11.5 Å². The fraction of sp³-hybridized carbons (Fsp3) is 0.833. The molecule has 0 rings (SSSR count). The smallest absolute Gasteiger partial charge is 0.236 e. The number of nitrogens with one attached hydrogen (secondary N) is 1. The predicted octanol–water partition coefficient (Wildman–Crippen LogP) is -1.20. The summed E-state index contributed by atoms with van der Waals surface area (Å²) < 4.78 is 0. The first kappa shape index (κ1) is 9.39. The van der Waals surface area contributed by atoms with Gasteiger partial charge in [0.15, 0.2) is 0 Å². The summed E-state index contributed by atoms with van der Waals surface area (Å²) in [6.45, 7) is 3.91. The molecule has 0 aromatic carbocycles. The fourth-order valence-electron chi connectivity index (χ4n) is 0.433. The van der Waals surface area contributed by atoms with E-state index < -0.39 is 6.04 Å². The summed E-state index contributed by atoms with van der Waals surface area (Å²) >= 11 is 0. The second-order valence-corrected chi connectivity index (χ2v) is 2.43. The molecule has 0 aliphatic heterocycles. The molecular formula is C6H15N3O. The third kappa shape index (κ3) is 3.42. The van der Waals surface area contributed by atoms with Crippen LogP contribution in [0.15, 0.2) is 0 Å². The van der Waals surface area contributed by atoms with Gasteiger partial charge in [-0.15, -0.1) is 0 Å². The van der Waals surface area contributed by atoms with Crippen LogP contribution in [0.4, 0.5) is 0 Å². The van der Waals surface area contributed by atoms with E-state index in [1.54, 1.807) is 6.92 Å². The van der Waals surface area contributed by atoms with Crippen LogP contribution in [0.5, 0.6) is 0 Å². The molecule has 5 N–H and O–H groups in total. The number of rotatable bonds is 3. The van der Waals surface area contributed by atoms with E-state index in [9.17, 15) is 4.79 Å². The van der Waals surface area contributed by atoms with Crippen molar-refractivity contribution >= 4 is 5.91 Å². The van der Waals surface area contributed by atoms with Crippen molar-refractivity contribution in [1.29, 1.82) is 0 Å². The average molecular weight is 145 g/mol. The maximum atomic E-state index is 10.8. The summed E-state index contributed by atoms with van der Waals surface area (Å²) in [5, 5.41) is 2.64. The molecule has 4 heteroatoms. The standard InChI is InChI=1S/C6H15N3O/c1-4(3-7)9-6(10)5(2)8/h4-5H,3,7-8H2,1-2H3,(H,9,10)/t4-,5-/m0/s1. The third-order valence-electron chi connectivity index (χ3n) is 1.16. The zero-order chi connectivity index (χ0) is 8.15. The van der Waals surface area contributed by atoms with Crippen LogP contribution < -0.4 is 16.8 Å². The molecule has 0 fully saturated rings. The Morgan fingerprint density at radius 1 is 1.60 bits per heavy atom. The van der Waals surface area contributed by atoms with Crippen molar-refractivity contribution in [2.45, 2.75) is 25.9 Å². The summed E-state index contributed by atoms with van der Waals surface area (Å²) in [6, 6.07) is -0.438. The van der Waals surface area contributed by atoms with Crippen LogP contribution >= 0.6 is 0 Å². The number of carbonyl (C=O) groups excluding carboxylic acids is 1. The van der Waals surface area contributed by atoms with Gasteiger partial charge < -0.3 is 16.8 Å². The van der Waals surface area contributed by atoms with Gasteiger partial charge in [-0.2, -0.15) is 0 Å². The Morgan fingerprint density at radius 3 is 2.40 bits per heavy atom. The van der Waals surface area contributed by atoms with Crippen molar-refractivity contribution in [2.75, 3.05) is 6.54 Å². The summed E-state index contributed by atoms with van der Waals surface area (Å²) in [5.74, 6) is -0.155. The van der Waals surface area contributed by atoms with E-state index in [1.165, 1.54) is 0 Å². The van der Waals surface area contributed by atoms with Gasteiger partial charge in [-0.1, -0.05) is 0 Å². The monoisotopic (exact) mass is 145 g/mol. The van der Waals surface area contributed by atoms with Gasteiger partial charge in [0.25, 0.3) is 0 Å². The Labute approximate surface area is 61.0 Å². The highest BCUT2D eigenvalue weighted by Crippen LogP contribution is 1.79. The molecule has 0 saturated carbocycles. The molecule has 4 nitrogen and oxygen atoms in total. The number of amides is 1. The SMILES string of the molecule is C[C@H](N)C(=O)N[C@@H](C)CN. The average Bonchev–Trinajstić information content (AvgIpc) is 1.87. The second kappa shape index (κ2) is 4.24. The molecule has 0 aromatic heterocycles. The van der Waals surface area contributed by atoms with Crippen LogP contribution in [-0.4, -0.2) is 24.5 Å². The van der Waals surface area contributed by atoms with Gasteiger partial charge >= 0.3 is 0 Å². The lowest BCUT2D eigenvalue weighted by molar-refractivity contribution is -0.122. The highest BCUT2D eigenvalue weighted by Gasteiger charge is 2.08. The van der Waals surface area contributed by atoms with E-state index in [-0.39, 0.29) is 11.9 Å². The topological polar surface area (TPSA) is 81.1 Å². The zero-order valence-electron chi connectivity index (χ0n) is 6.42. The van der Waals surface area contributed by atoms with Crippen molar-refractivity contribution in [3.05, 3.63) is 0 Å². The van der Waals surface area contributed by atoms with Gasteiger partial charge in [0, 0.05) is 12.6 Å². The largest absolute Gasteiger partial charge is 0.351 e. The molecule has 0 saturated heterocycles. The van der Waals surface area contributed by atoms with E-state index in [0.29, 0.717) is 6.54 Å². The van der Waals surface area contributed by atoms with Crippen molar-refractivity contribution in [2.24, 2.45) is 11.5 Å². The van der Waals surface area contributed by atoms with Gasteiger partial charge in [0.2, 0.25) is 5.91 Å². The molecule has 0 spiro atoms. The normalized spacial score (nSPS) is 16.0. The molecule has 10 heavy (non-hydrogen) atoms. The van der Waals surface area contributed by atoms with E-state index in [1.807, 2.05) is 6.92 Å². The molecule has 0 aromatic rings. The highest BCUT2D eigenvalue weighted by atomic mass is 16.2. The minimum absolute atomic E-state index is 0.0125. The Bertz CT molecular complexity index is 114. The Kier molecular flexibility index (Phi) is 3.99. The van der Waals surface area contributed by atoms with E-state index in [0.717, 1.165) is 0 Å². The van der Waals surface area contributed by atoms with Gasteiger partial charge in [-0.05, 0) is 13.8 Å². The molecule has 0 radical (unpaired) electrons. The maximum Gasteiger partial charge on any atom is 0.236 e. The second-order valence-electron chi connectivity index (χ2n) is 2.43. The first-order valence-corrected chi connectivity index (χ1v) is 3.34. The van der Waals surface area contributed by atoms with Crippen LogP contribution in [0.3, 0.4) is 0 Å². The lowest BCUT2D eigenvalue weighted by Gasteiger charge is -2.12. The Hall–Kier alpha value is -0.610. The van der Waals surface area contributed by atoms with Crippen molar-refractivity contribution in [1.82, 2.24) is 5.32 Å². The Balaban J connectivity index is 3.57. The minimum atomic E-state index is -0.450. The summed E-state index contributed by atoms with van der Waals surface area (Å²) in [6.07, 6.45) is 0. The number of hydrogen-bond donors (Lipinski definition) is 3. The summed E-state index contributed by atoms with van der Waals surface area (Å²) in [7, 11) is 0. The molecule has 0 unspecified atom stereocenters. The fourth-order valence-corrected chi connectivity index (χ4v) is 0.433. The zero-order valence-corrected chi connectivity index (χ0v) is 6.42. The van der Waals surface area contributed by atoms with Crippen molar-refractivity contribution in [3.8, 4) is 0 Å². The third-order valence-corrected chi connectivity index (χ3v) is 1.16. The molecule has 0 bridgehead atoms. The molecule has 60 valence electrons. The molecular weight excluding hydrogens is 130 g/mol. The first-order chi connectivity index (χ1) is 4.57. The van der Waals surface area contributed by atoms with Crippen LogP contribution in [0.1, 0.15) is 13.8 Å². The molecule has 2 atom stereocenters. The summed E-state index contributed by atoms with van der Waals surface area (Å²) in [4.78, 5) is 10.8. The predicted molar refractivity (Wildman–Crippen MR) is 40.3 cm³/mol. The van der Waals surface area contributed by atoms with Gasteiger partial charge in [-0.25, -0.2) is 0 Å². The first-order valence-electron chi connectivity index (χ1n) is 3.34. The van der Waals surface area contributed by atoms with Gasteiger partial charge in [0.05, 0.1) is 6.04 Å². The molecule has 0 aliphatic rings. The quantitative estimate of drug-likeness (QED) is 0.466. The van der Waals surface area contributed by atoms with Crippen molar-refractivity contribution in [3.63, 3.8) is 0 Å². The minimum Gasteiger partial charge on any atom is -0.351 e. The highest BCUT2D eigenvalue weighted by molar-refractivity contribution is 5.81. The maximum absolute atomic E-state index is 10.8. The van der Waals surface area contributed by atoms with Gasteiger partial charge in [0.1, 0.15) is 0 Å². The number of hydrogen-bond acceptors (Lipinski definition) is 3. The van der Waals surface area contributed by atoms with Crippen LogP contribution in [0.2, 0.25) is 0 Å². The number of carbonyl (C=O) groups is 1. The molecule has 0 heterocycles. The van der Waals surface area contributed by atoms with Crippen molar-refractivity contribution < 1.29 is 4.79 Å². The molecule has 0 aliphatic carbocycles. The lowest BCUT2D eigenvalue weighted by Crippen LogP contribution is -2.45. The van der Waals surface area contributed by atoms with Crippen LogP contribution in [0.25, 0.3) is 0 Å². The lowest BCUT2D eigenvalue weighted by atomic mass is 10.3. The summed E-state index contributed by atoms with van der Waals surface area (Å²) in [5.41, 5.74) is 10.6. The number of nitrogens with two attached hydrogens (primary N) is 2. The van der Waals surface area contributed by atoms with E-state index >= 15 is 0 Å². The van der Waals surface area contributed by atoms with Gasteiger partial charge in [-0.3, -0.25) is 4.79 Å².